The number of primary sulfonamides is 1. The number of sulfonamides is 2. The van der Waals surface area contributed by atoms with Crippen LogP contribution in [0.5, 0.6) is 0 Å². The van der Waals surface area contributed by atoms with Gasteiger partial charge in [-0.05, 0) is 60.4 Å². The molecule has 1 fully saturated rings. The van der Waals surface area contributed by atoms with E-state index in [1.807, 2.05) is 42.5 Å². The molecule has 9 nitrogen and oxygen atoms in total. The van der Waals surface area contributed by atoms with Crippen molar-refractivity contribution in [1.29, 1.82) is 0 Å². The fraction of sp³-hybridized carbons (Fsp3) is 0.259. The van der Waals surface area contributed by atoms with Crippen molar-refractivity contribution in [3.63, 3.8) is 0 Å². The van der Waals surface area contributed by atoms with Gasteiger partial charge in [-0.25, -0.2) is 18.6 Å². The maximum Gasteiger partial charge on any atom is 0.285 e. The number of halogens is 2. The van der Waals surface area contributed by atoms with Gasteiger partial charge in [0.15, 0.2) is 0 Å². The first-order chi connectivity index (χ1) is 19.0. The largest absolute Gasteiger partial charge is 0.340 e. The number of nitrogens with two attached hydrogens (primary N) is 1. The van der Waals surface area contributed by atoms with Gasteiger partial charge in [0.2, 0.25) is 16.0 Å². The molecule has 0 spiro atoms. The van der Waals surface area contributed by atoms with Crippen LogP contribution >= 0.6 is 23.2 Å². The highest BCUT2D eigenvalue weighted by atomic mass is 35.5. The average Bonchev–Trinajstić information content (AvgIpc) is 3.38. The van der Waals surface area contributed by atoms with Crippen molar-refractivity contribution in [3.05, 3.63) is 100 Å². The van der Waals surface area contributed by atoms with Gasteiger partial charge >= 0.3 is 0 Å². The second-order valence-corrected chi connectivity index (χ2v) is 14.0. The van der Waals surface area contributed by atoms with E-state index in [1.165, 1.54) is 24.3 Å². The maximum atomic E-state index is 13.5. The Morgan fingerprint density at radius 2 is 1.43 bits per heavy atom. The molecule has 0 radical (unpaired) electrons. The fourth-order valence-corrected chi connectivity index (χ4v) is 7.00. The predicted molar refractivity (Wildman–Crippen MR) is 158 cm³/mol. The molecule has 40 heavy (non-hydrogen) atoms. The second-order valence-electron chi connectivity index (χ2n) is 9.63. The van der Waals surface area contributed by atoms with Crippen LogP contribution in [0.3, 0.4) is 0 Å². The van der Waals surface area contributed by atoms with E-state index in [9.17, 15) is 16.8 Å². The van der Waals surface area contributed by atoms with E-state index in [0.717, 1.165) is 16.8 Å². The molecule has 0 saturated carbocycles. The molecule has 0 aliphatic carbocycles. The minimum atomic E-state index is -4.16. The molecule has 1 saturated heterocycles. The van der Waals surface area contributed by atoms with Crippen molar-refractivity contribution < 1.29 is 16.8 Å². The molecule has 0 unspecified atom stereocenters. The van der Waals surface area contributed by atoms with Gasteiger partial charge in [-0.2, -0.15) is 13.5 Å². The lowest BCUT2D eigenvalue weighted by molar-refractivity contribution is 0.291. The Balaban J connectivity index is 1.58. The van der Waals surface area contributed by atoms with E-state index in [0.29, 0.717) is 16.6 Å². The average molecular weight is 621 g/mol. The summed E-state index contributed by atoms with van der Waals surface area (Å²) in [6.45, 7) is 0.814. The number of hydrazone groups is 1. The van der Waals surface area contributed by atoms with Crippen LogP contribution in [-0.4, -0.2) is 63.3 Å². The van der Waals surface area contributed by atoms with Crippen molar-refractivity contribution in [3.8, 4) is 0 Å². The number of nitrogens with zero attached hydrogens (tertiary/aromatic N) is 4. The van der Waals surface area contributed by atoms with Crippen LogP contribution < -0.4 is 5.14 Å². The highest BCUT2D eigenvalue weighted by molar-refractivity contribution is 7.90. The Kier molecular flexibility index (Phi) is 8.21. The van der Waals surface area contributed by atoms with E-state index in [2.05, 4.69) is 4.40 Å². The summed E-state index contributed by atoms with van der Waals surface area (Å²) in [6, 6.07) is 22.9. The predicted octanol–water partition coefficient (Wildman–Crippen LogP) is 4.29. The standard InChI is InChI=1S/C27H27Cl2N5O4S2/c28-21-8-6-20(7-9-21)26-25(19-4-2-1-3-5-19)18-34(31-26)27(33-16-14-23(15-17-33)39(30,35)36)32-40(37,38)24-12-10-22(29)11-13-24/h1-13,23,25H,14-18H2,(H2,30,35,36)/b32-27-/t25-/m1/s1. The quantitative estimate of drug-likeness (QED) is 0.335. The molecule has 0 bridgehead atoms. The number of rotatable bonds is 5. The van der Waals surface area contributed by atoms with Gasteiger partial charge in [-0.1, -0.05) is 65.7 Å². The first kappa shape index (κ1) is 28.6. The summed E-state index contributed by atoms with van der Waals surface area (Å²) in [5.41, 5.74) is 2.58. The minimum Gasteiger partial charge on any atom is -0.340 e. The third-order valence-electron chi connectivity index (χ3n) is 6.99. The Morgan fingerprint density at radius 1 is 0.850 bits per heavy atom. The van der Waals surface area contributed by atoms with E-state index < -0.39 is 25.3 Å². The summed E-state index contributed by atoms with van der Waals surface area (Å²) in [6.07, 6.45) is 0.477. The monoisotopic (exact) mass is 619 g/mol. The zero-order chi connectivity index (χ0) is 28.5. The van der Waals surface area contributed by atoms with Gasteiger partial charge in [-0.15, -0.1) is 4.40 Å². The SMILES string of the molecule is NS(=O)(=O)C1CCN(/C(=N/S(=O)(=O)c2ccc(Cl)cc2)N2C[C@H](c3ccccc3)C(c3ccc(Cl)cc3)=N2)CC1. The van der Waals surface area contributed by atoms with Crippen molar-refractivity contribution in [2.24, 2.45) is 14.6 Å². The fourth-order valence-electron chi connectivity index (χ4n) is 4.87. The van der Waals surface area contributed by atoms with Gasteiger partial charge < -0.3 is 4.90 Å². The molecule has 2 aliphatic heterocycles. The van der Waals surface area contributed by atoms with Gasteiger partial charge in [0.05, 0.1) is 22.4 Å². The van der Waals surface area contributed by atoms with Crippen molar-refractivity contribution >= 4 is 54.9 Å². The molecule has 3 aromatic rings. The molecule has 2 aliphatic rings. The molecule has 3 aromatic carbocycles. The Hall–Kier alpha value is -2.96. The summed E-state index contributed by atoms with van der Waals surface area (Å²) >= 11 is 12.1. The van der Waals surface area contributed by atoms with Crippen molar-refractivity contribution in [1.82, 2.24) is 9.91 Å². The highest BCUT2D eigenvalue weighted by Crippen LogP contribution is 2.31. The van der Waals surface area contributed by atoms with Crippen LogP contribution in [0, 0.1) is 0 Å². The molecule has 1 atom stereocenters. The Morgan fingerprint density at radius 3 is 2.00 bits per heavy atom. The molecule has 2 N–H and O–H groups in total. The van der Waals surface area contributed by atoms with Crippen LogP contribution in [0.2, 0.25) is 10.0 Å². The third kappa shape index (κ3) is 6.34. The summed E-state index contributed by atoms with van der Waals surface area (Å²) in [5.74, 6) is -0.0690. The van der Waals surface area contributed by atoms with E-state index in [4.69, 9.17) is 33.4 Å². The van der Waals surface area contributed by atoms with Crippen LogP contribution in [0.25, 0.3) is 0 Å². The Bertz CT molecular complexity index is 1640. The third-order valence-corrected chi connectivity index (χ3v) is 10.2. The van der Waals surface area contributed by atoms with Gasteiger partial charge in [0.25, 0.3) is 10.0 Å². The van der Waals surface area contributed by atoms with Gasteiger partial charge in [0, 0.05) is 29.1 Å². The molecular weight excluding hydrogens is 593 g/mol. The number of benzene rings is 3. The number of likely N-dealkylation sites (tertiary alicyclic amines) is 1. The van der Waals surface area contributed by atoms with E-state index >= 15 is 0 Å². The summed E-state index contributed by atoms with van der Waals surface area (Å²) < 4.78 is 55.1. The molecule has 0 aromatic heterocycles. The highest BCUT2D eigenvalue weighted by Gasteiger charge is 2.37. The normalized spacial score (nSPS) is 19.1. The van der Waals surface area contributed by atoms with Gasteiger partial charge in [0.1, 0.15) is 0 Å². The summed E-state index contributed by atoms with van der Waals surface area (Å²) in [5, 5.41) is 12.2. The van der Waals surface area contributed by atoms with Crippen LogP contribution in [0.15, 0.2) is 93.3 Å². The van der Waals surface area contributed by atoms with Gasteiger partial charge in [-0.3, -0.25) is 0 Å². The van der Waals surface area contributed by atoms with E-state index in [-0.39, 0.29) is 42.7 Å². The number of hydrogen-bond donors (Lipinski definition) is 1. The molecule has 0 amide bonds. The number of guanidine groups is 1. The lowest BCUT2D eigenvalue weighted by Gasteiger charge is -2.35. The second kappa shape index (κ2) is 11.5. The van der Waals surface area contributed by atoms with Crippen molar-refractivity contribution in [2.75, 3.05) is 19.6 Å². The van der Waals surface area contributed by atoms with Crippen LogP contribution in [0.4, 0.5) is 0 Å². The van der Waals surface area contributed by atoms with Crippen LogP contribution in [-0.2, 0) is 20.0 Å². The first-order valence-electron chi connectivity index (χ1n) is 12.6. The number of hydrogen-bond acceptors (Lipinski definition) is 5. The summed E-state index contributed by atoms with van der Waals surface area (Å²) in [4.78, 5) is 1.74. The first-order valence-corrected chi connectivity index (χ1v) is 16.4. The topological polar surface area (TPSA) is 126 Å². The number of piperidine rings is 1. The lowest BCUT2D eigenvalue weighted by Crippen LogP contribution is -2.49. The summed E-state index contributed by atoms with van der Waals surface area (Å²) in [7, 11) is -7.88. The smallest absolute Gasteiger partial charge is 0.285 e. The maximum absolute atomic E-state index is 13.5. The van der Waals surface area contributed by atoms with E-state index in [1.54, 1.807) is 22.0 Å². The molecule has 13 heteroatoms. The zero-order valence-corrected chi connectivity index (χ0v) is 24.4. The molecular formula is C27H27Cl2N5O4S2. The molecule has 210 valence electrons. The lowest BCUT2D eigenvalue weighted by atomic mass is 9.91. The van der Waals surface area contributed by atoms with Crippen molar-refractivity contribution in [2.45, 2.75) is 28.9 Å². The Labute approximate surface area is 244 Å². The molecule has 2 heterocycles. The molecule has 5 rings (SSSR count). The van der Waals surface area contributed by atoms with Crippen LogP contribution in [0.1, 0.15) is 29.9 Å². The minimum absolute atomic E-state index is 0.0190. The zero-order valence-electron chi connectivity index (χ0n) is 21.3.